The minimum Gasteiger partial charge on any atom is -0.468 e. The Morgan fingerprint density at radius 3 is 2.50 bits per heavy atom. The smallest absolute Gasteiger partial charge is 0.258 e. The third-order valence-electron chi connectivity index (χ3n) is 5.36. The Morgan fingerprint density at radius 2 is 1.79 bits per heavy atom. The van der Waals surface area contributed by atoms with Crippen molar-refractivity contribution >= 4 is 11.6 Å². The van der Waals surface area contributed by atoms with Gasteiger partial charge in [-0.15, -0.1) is 0 Å². The minimum atomic E-state index is -0.230. The number of carbonyl (C=O) groups is 1. The van der Waals surface area contributed by atoms with Gasteiger partial charge in [0.15, 0.2) is 0 Å². The topological polar surface area (TPSA) is 36.7 Å². The highest BCUT2D eigenvalue weighted by molar-refractivity contribution is 6.02. The van der Waals surface area contributed by atoms with E-state index in [1.807, 2.05) is 60.0 Å². The highest BCUT2D eigenvalue weighted by atomic mass is 19.1. The molecule has 0 N–H and O–H groups in total. The van der Waals surface area contributed by atoms with Crippen molar-refractivity contribution in [1.29, 1.82) is 0 Å². The molecule has 1 aliphatic heterocycles. The van der Waals surface area contributed by atoms with E-state index < -0.39 is 0 Å². The van der Waals surface area contributed by atoms with Gasteiger partial charge in [-0.25, -0.2) is 4.39 Å². The fourth-order valence-electron chi connectivity index (χ4n) is 3.88. The molecule has 1 amide bonds. The van der Waals surface area contributed by atoms with E-state index in [2.05, 4.69) is 0 Å². The SMILES string of the molecule is Cc1occ(-c2ccccc2)c1C(=O)N1CCN(c2ccccc2F)CC1C. The van der Waals surface area contributed by atoms with E-state index in [0.29, 0.717) is 36.6 Å². The summed E-state index contributed by atoms with van der Waals surface area (Å²) in [6, 6.07) is 16.5. The zero-order valence-electron chi connectivity index (χ0n) is 16.1. The van der Waals surface area contributed by atoms with Crippen LogP contribution in [0, 0.1) is 12.7 Å². The lowest BCUT2D eigenvalue weighted by molar-refractivity contribution is 0.0673. The first-order valence-corrected chi connectivity index (χ1v) is 9.50. The molecule has 1 saturated heterocycles. The van der Waals surface area contributed by atoms with Gasteiger partial charge < -0.3 is 14.2 Å². The zero-order chi connectivity index (χ0) is 19.7. The Labute approximate surface area is 164 Å². The summed E-state index contributed by atoms with van der Waals surface area (Å²) in [5.41, 5.74) is 2.97. The van der Waals surface area contributed by atoms with E-state index in [0.717, 1.165) is 11.1 Å². The van der Waals surface area contributed by atoms with Gasteiger partial charge in [0.05, 0.1) is 17.5 Å². The van der Waals surface area contributed by atoms with Crippen LogP contribution in [0.1, 0.15) is 23.0 Å². The predicted molar refractivity (Wildman–Crippen MR) is 108 cm³/mol. The average Bonchev–Trinajstić information content (AvgIpc) is 3.10. The second-order valence-corrected chi connectivity index (χ2v) is 7.19. The van der Waals surface area contributed by atoms with Gasteiger partial charge in [0, 0.05) is 31.2 Å². The summed E-state index contributed by atoms with van der Waals surface area (Å²) in [5.74, 6) is 0.352. The Morgan fingerprint density at radius 1 is 1.07 bits per heavy atom. The van der Waals surface area contributed by atoms with E-state index in [-0.39, 0.29) is 17.8 Å². The van der Waals surface area contributed by atoms with Gasteiger partial charge in [0.2, 0.25) is 0 Å². The summed E-state index contributed by atoms with van der Waals surface area (Å²) in [7, 11) is 0. The lowest BCUT2D eigenvalue weighted by Crippen LogP contribution is -2.54. The standard InChI is InChI=1S/C23H23FN2O2/c1-16-14-25(21-11-7-6-10-20(21)24)12-13-26(16)23(27)22-17(2)28-15-19(22)18-8-4-3-5-9-18/h3-11,15-16H,12-14H2,1-2H3. The number of anilines is 1. The molecule has 0 radical (unpaired) electrons. The third kappa shape index (κ3) is 3.28. The molecular weight excluding hydrogens is 355 g/mol. The fourth-order valence-corrected chi connectivity index (χ4v) is 3.88. The monoisotopic (exact) mass is 378 g/mol. The molecule has 1 atom stereocenters. The van der Waals surface area contributed by atoms with Crippen molar-refractivity contribution in [2.24, 2.45) is 0 Å². The van der Waals surface area contributed by atoms with Crippen LogP contribution in [0.2, 0.25) is 0 Å². The van der Waals surface area contributed by atoms with Crippen LogP contribution < -0.4 is 4.90 Å². The van der Waals surface area contributed by atoms with E-state index in [1.165, 1.54) is 6.07 Å². The first-order chi connectivity index (χ1) is 13.6. The van der Waals surface area contributed by atoms with E-state index in [9.17, 15) is 9.18 Å². The largest absolute Gasteiger partial charge is 0.468 e. The summed E-state index contributed by atoms with van der Waals surface area (Å²) in [4.78, 5) is 17.2. The van der Waals surface area contributed by atoms with Crippen LogP contribution in [0.3, 0.4) is 0 Å². The molecule has 0 bridgehead atoms. The molecule has 1 fully saturated rings. The second kappa shape index (κ2) is 7.50. The summed E-state index contributed by atoms with van der Waals surface area (Å²) >= 11 is 0. The number of carbonyl (C=O) groups excluding carboxylic acids is 1. The predicted octanol–water partition coefficient (Wildman–Crippen LogP) is 4.75. The van der Waals surface area contributed by atoms with Gasteiger partial charge in [-0.1, -0.05) is 42.5 Å². The zero-order valence-corrected chi connectivity index (χ0v) is 16.1. The molecule has 28 heavy (non-hydrogen) atoms. The number of halogens is 1. The number of aryl methyl sites for hydroxylation is 1. The quantitative estimate of drug-likeness (QED) is 0.660. The molecule has 144 valence electrons. The first-order valence-electron chi connectivity index (χ1n) is 9.50. The molecular formula is C23H23FN2O2. The van der Waals surface area contributed by atoms with E-state index >= 15 is 0 Å². The third-order valence-corrected chi connectivity index (χ3v) is 5.36. The molecule has 0 aliphatic carbocycles. The van der Waals surface area contributed by atoms with E-state index in [1.54, 1.807) is 18.4 Å². The maximum Gasteiger partial charge on any atom is 0.258 e. The molecule has 4 rings (SSSR count). The van der Waals surface area contributed by atoms with Crippen LogP contribution in [0.5, 0.6) is 0 Å². The number of hydrogen-bond donors (Lipinski definition) is 0. The van der Waals surface area contributed by atoms with Gasteiger partial charge in [-0.2, -0.15) is 0 Å². The molecule has 3 aromatic rings. The maximum atomic E-state index is 14.1. The van der Waals surface area contributed by atoms with Gasteiger partial charge in [0.1, 0.15) is 11.6 Å². The van der Waals surface area contributed by atoms with Crippen LogP contribution in [-0.4, -0.2) is 36.5 Å². The number of benzene rings is 2. The van der Waals surface area contributed by atoms with Crippen LogP contribution in [0.4, 0.5) is 10.1 Å². The minimum absolute atomic E-state index is 0.0363. The Bertz CT molecular complexity index is 983. The number of hydrogen-bond acceptors (Lipinski definition) is 3. The number of piperazine rings is 1. The van der Waals surface area contributed by atoms with E-state index in [4.69, 9.17) is 4.42 Å². The van der Waals surface area contributed by atoms with Crippen LogP contribution in [-0.2, 0) is 0 Å². The molecule has 1 unspecified atom stereocenters. The normalized spacial score (nSPS) is 17.0. The van der Waals surface area contributed by atoms with Gasteiger partial charge in [-0.3, -0.25) is 4.79 Å². The Hall–Kier alpha value is -3.08. The lowest BCUT2D eigenvalue weighted by atomic mass is 10.0. The highest BCUT2D eigenvalue weighted by Gasteiger charge is 2.32. The summed E-state index contributed by atoms with van der Waals surface area (Å²) in [6.07, 6.45) is 1.65. The maximum absolute atomic E-state index is 14.1. The number of para-hydroxylation sites is 1. The second-order valence-electron chi connectivity index (χ2n) is 7.19. The van der Waals surface area contributed by atoms with Crippen molar-refractivity contribution in [2.75, 3.05) is 24.5 Å². The Kier molecular flexibility index (Phi) is 4.90. The van der Waals surface area contributed by atoms with Crippen molar-refractivity contribution in [1.82, 2.24) is 4.90 Å². The van der Waals surface area contributed by atoms with Crippen LogP contribution >= 0.6 is 0 Å². The molecule has 4 nitrogen and oxygen atoms in total. The summed E-state index contributed by atoms with van der Waals surface area (Å²) < 4.78 is 19.7. The van der Waals surface area contributed by atoms with Crippen molar-refractivity contribution in [3.8, 4) is 11.1 Å². The van der Waals surface area contributed by atoms with Gasteiger partial charge in [0.25, 0.3) is 5.91 Å². The van der Waals surface area contributed by atoms with Crippen molar-refractivity contribution in [2.45, 2.75) is 19.9 Å². The van der Waals surface area contributed by atoms with Gasteiger partial charge >= 0.3 is 0 Å². The summed E-state index contributed by atoms with van der Waals surface area (Å²) in [5, 5.41) is 0. The molecule has 2 heterocycles. The van der Waals surface area contributed by atoms with Crippen molar-refractivity contribution in [3.05, 3.63) is 78.0 Å². The average molecular weight is 378 g/mol. The number of amides is 1. The van der Waals surface area contributed by atoms with Crippen LogP contribution in [0.15, 0.2) is 65.3 Å². The number of rotatable bonds is 3. The number of furan rings is 1. The van der Waals surface area contributed by atoms with Crippen molar-refractivity contribution in [3.63, 3.8) is 0 Å². The first kappa shape index (κ1) is 18.3. The fraction of sp³-hybridized carbons (Fsp3) is 0.261. The molecule has 0 spiro atoms. The number of nitrogens with zero attached hydrogens (tertiary/aromatic N) is 2. The molecule has 0 saturated carbocycles. The summed E-state index contributed by atoms with van der Waals surface area (Å²) in [6.45, 7) is 5.54. The van der Waals surface area contributed by atoms with Gasteiger partial charge in [-0.05, 0) is 31.5 Å². The Balaban J connectivity index is 1.58. The molecule has 1 aliphatic rings. The molecule has 1 aromatic heterocycles. The molecule has 2 aromatic carbocycles. The lowest BCUT2D eigenvalue weighted by Gasteiger charge is -2.41. The molecule has 5 heteroatoms. The van der Waals surface area contributed by atoms with Crippen LogP contribution in [0.25, 0.3) is 11.1 Å². The van der Waals surface area contributed by atoms with Crippen molar-refractivity contribution < 1.29 is 13.6 Å². The highest BCUT2D eigenvalue weighted by Crippen LogP contribution is 2.30.